The summed E-state index contributed by atoms with van der Waals surface area (Å²) in [6.45, 7) is 3.94. The first-order valence-corrected chi connectivity index (χ1v) is 6.76. The van der Waals surface area contributed by atoms with Gasteiger partial charge in [-0.1, -0.05) is 11.3 Å². The third kappa shape index (κ3) is 3.21. The molecule has 0 aliphatic carbocycles. The molecule has 0 saturated heterocycles. The first-order valence-electron chi connectivity index (χ1n) is 5.94. The predicted octanol–water partition coefficient (Wildman–Crippen LogP) is 1.74. The van der Waals surface area contributed by atoms with E-state index in [9.17, 15) is 9.59 Å². The molecule has 1 atom stereocenters. The molecule has 2 aromatic heterocycles. The topological polar surface area (TPSA) is 97.1 Å². The number of carboxylic acids is 1. The summed E-state index contributed by atoms with van der Waals surface area (Å²) >= 11 is 1.06. The Morgan fingerprint density at radius 3 is 2.80 bits per heavy atom. The fraction of sp³-hybridized carbons (Fsp3) is 0.333. The van der Waals surface area contributed by atoms with Crippen molar-refractivity contribution < 1.29 is 14.7 Å². The van der Waals surface area contributed by atoms with Crippen LogP contribution in [-0.4, -0.2) is 37.4 Å². The van der Waals surface area contributed by atoms with E-state index >= 15 is 0 Å². The second-order valence-electron chi connectivity index (χ2n) is 4.36. The summed E-state index contributed by atoms with van der Waals surface area (Å²) in [5.41, 5.74) is -0.195. The first-order chi connectivity index (χ1) is 9.47. The van der Waals surface area contributed by atoms with Crippen molar-refractivity contribution in [2.24, 2.45) is 0 Å². The molecule has 0 aromatic carbocycles. The van der Waals surface area contributed by atoms with E-state index in [1.165, 1.54) is 6.92 Å². The highest BCUT2D eigenvalue weighted by Gasteiger charge is 2.21. The summed E-state index contributed by atoms with van der Waals surface area (Å²) in [7, 11) is 0. The number of nitrogens with zero attached hydrogens (tertiary/aromatic N) is 3. The number of carboxylic acid groups (broad SMARTS) is 1. The average molecular weight is 294 g/mol. The second-order valence-corrected chi connectivity index (χ2v) is 5.36. The molecule has 106 valence electrons. The van der Waals surface area contributed by atoms with Gasteiger partial charge in [0.2, 0.25) is 0 Å². The minimum Gasteiger partial charge on any atom is -0.476 e. The van der Waals surface area contributed by atoms with Crippen molar-refractivity contribution in [2.75, 3.05) is 5.32 Å². The van der Waals surface area contributed by atoms with Crippen LogP contribution in [0.3, 0.4) is 0 Å². The second kappa shape index (κ2) is 5.83. The number of aromatic nitrogens is 3. The van der Waals surface area contributed by atoms with Crippen molar-refractivity contribution in [2.45, 2.75) is 26.4 Å². The Bertz CT molecular complexity index is 589. The molecule has 1 unspecified atom stereocenters. The van der Waals surface area contributed by atoms with E-state index in [4.69, 9.17) is 5.11 Å². The van der Waals surface area contributed by atoms with E-state index in [0.717, 1.165) is 11.3 Å². The van der Waals surface area contributed by atoms with Gasteiger partial charge in [-0.05, 0) is 6.92 Å². The quantitative estimate of drug-likeness (QED) is 0.788. The van der Waals surface area contributed by atoms with Crippen LogP contribution in [0.25, 0.3) is 0 Å². The van der Waals surface area contributed by atoms with Crippen molar-refractivity contribution in [3.05, 3.63) is 29.3 Å². The molecular weight excluding hydrogens is 280 g/mol. The number of aromatic carboxylic acids is 1. The molecule has 0 aliphatic heterocycles. The van der Waals surface area contributed by atoms with Gasteiger partial charge in [0.15, 0.2) is 16.6 Å². The zero-order valence-corrected chi connectivity index (χ0v) is 11.8. The minimum absolute atomic E-state index is 0.0248. The fourth-order valence-corrected chi connectivity index (χ4v) is 2.70. The van der Waals surface area contributed by atoms with Gasteiger partial charge in [0, 0.05) is 31.9 Å². The Morgan fingerprint density at radius 1 is 1.55 bits per heavy atom. The van der Waals surface area contributed by atoms with E-state index in [1.807, 2.05) is 17.7 Å². The normalized spacial score (nSPS) is 12.1. The third-order valence-electron chi connectivity index (χ3n) is 2.56. The molecule has 20 heavy (non-hydrogen) atoms. The number of hydrogen-bond acceptors (Lipinski definition) is 6. The Balaban J connectivity index is 2.11. The van der Waals surface area contributed by atoms with Crippen LogP contribution in [0.1, 0.15) is 34.0 Å². The third-order valence-corrected chi connectivity index (χ3v) is 3.65. The zero-order chi connectivity index (χ0) is 14.7. The summed E-state index contributed by atoms with van der Waals surface area (Å²) < 4.78 is 1.90. The van der Waals surface area contributed by atoms with Crippen LogP contribution >= 0.6 is 11.3 Å². The molecule has 0 aliphatic rings. The first kappa shape index (κ1) is 14.2. The summed E-state index contributed by atoms with van der Waals surface area (Å²) in [6.07, 6.45) is 5.22. The average Bonchev–Trinajstić information content (AvgIpc) is 2.97. The number of imidazole rings is 1. The Kier molecular flexibility index (Phi) is 4.14. The molecule has 2 rings (SSSR count). The highest BCUT2D eigenvalue weighted by molar-refractivity contribution is 7.17. The molecule has 0 fully saturated rings. The maximum Gasteiger partial charge on any atom is 0.356 e. The van der Waals surface area contributed by atoms with Crippen molar-refractivity contribution in [1.82, 2.24) is 14.5 Å². The highest BCUT2D eigenvalue weighted by Crippen LogP contribution is 2.24. The molecule has 8 heteroatoms. The van der Waals surface area contributed by atoms with Crippen LogP contribution in [0.5, 0.6) is 0 Å². The maximum atomic E-state index is 11.4. The largest absolute Gasteiger partial charge is 0.476 e. The number of carbonyl (C=O) groups excluding carboxylic acids is 1. The minimum atomic E-state index is -1.19. The number of hydrogen-bond donors (Lipinski definition) is 2. The lowest BCUT2D eigenvalue weighted by Gasteiger charge is -2.12. The summed E-state index contributed by atoms with van der Waals surface area (Å²) in [4.78, 5) is 30.5. The van der Waals surface area contributed by atoms with E-state index in [-0.39, 0.29) is 22.4 Å². The smallest absolute Gasteiger partial charge is 0.356 e. The highest BCUT2D eigenvalue weighted by atomic mass is 32.1. The van der Waals surface area contributed by atoms with Crippen LogP contribution in [0, 0.1) is 0 Å². The van der Waals surface area contributed by atoms with Crippen LogP contribution in [0.2, 0.25) is 0 Å². The van der Waals surface area contributed by atoms with E-state index < -0.39 is 5.97 Å². The van der Waals surface area contributed by atoms with Gasteiger partial charge in [-0.25, -0.2) is 14.8 Å². The van der Waals surface area contributed by atoms with Crippen molar-refractivity contribution >= 4 is 28.2 Å². The van der Waals surface area contributed by atoms with Gasteiger partial charge >= 0.3 is 5.97 Å². The standard InChI is InChI=1S/C12H14N4O3S/c1-7(5-16-4-3-13-6-16)14-12-15-9(11(18)19)10(20-12)8(2)17/h3-4,6-7H,5H2,1-2H3,(H,14,15)(H,18,19). The molecular formula is C12H14N4O3S. The molecule has 0 spiro atoms. The molecule has 0 radical (unpaired) electrons. The molecule has 7 nitrogen and oxygen atoms in total. The number of ketones is 1. The monoisotopic (exact) mass is 294 g/mol. The van der Waals surface area contributed by atoms with Crippen LogP contribution in [-0.2, 0) is 6.54 Å². The summed E-state index contributed by atoms with van der Waals surface area (Å²) in [6, 6.07) is 0.0248. The molecule has 0 bridgehead atoms. The Labute approximate surface area is 119 Å². The van der Waals surface area contributed by atoms with Crippen molar-refractivity contribution in [3.63, 3.8) is 0 Å². The van der Waals surface area contributed by atoms with Crippen molar-refractivity contribution in [1.29, 1.82) is 0 Å². The van der Waals surface area contributed by atoms with Gasteiger partial charge in [-0.3, -0.25) is 4.79 Å². The number of carbonyl (C=O) groups is 2. The number of Topliss-reactive ketones (excluding diaryl/α,β-unsaturated/α-hetero) is 1. The number of anilines is 1. The lowest BCUT2D eigenvalue weighted by Crippen LogP contribution is -2.21. The van der Waals surface area contributed by atoms with Gasteiger partial charge in [0.1, 0.15) is 4.88 Å². The van der Waals surface area contributed by atoms with Gasteiger partial charge in [0.05, 0.1) is 6.33 Å². The van der Waals surface area contributed by atoms with E-state index in [1.54, 1.807) is 12.5 Å². The molecule has 2 N–H and O–H groups in total. The van der Waals surface area contributed by atoms with Crippen LogP contribution < -0.4 is 5.32 Å². The van der Waals surface area contributed by atoms with Gasteiger partial charge in [-0.2, -0.15) is 0 Å². The Morgan fingerprint density at radius 2 is 2.30 bits per heavy atom. The lowest BCUT2D eigenvalue weighted by molar-refractivity contribution is 0.0687. The number of nitrogens with one attached hydrogen (secondary N) is 1. The van der Waals surface area contributed by atoms with E-state index in [0.29, 0.717) is 11.7 Å². The van der Waals surface area contributed by atoms with Crippen molar-refractivity contribution in [3.8, 4) is 0 Å². The van der Waals surface area contributed by atoms with Crippen LogP contribution in [0.15, 0.2) is 18.7 Å². The summed E-state index contributed by atoms with van der Waals surface area (Å²) in [5.74, 6) is -1.49. The number of rotatable bonds is 6. The summed E-state index contributed by atoms with van der Waals surface area (Å²) in [5, 5.41) is 12.5. The molecule has 2 aromatic rings. The molecule has 0 saturated carbocycles. The van der Waals surface area contributed by atoms with Crippen LogP contribution in [0.4, 0.5) is 5.13 Å². The van der Waals surface area contributed by atoms with Gasteiger partial charge < -0.3 is 15.0 Å². The Hall–Kier alpha value is -2.22. The van der Waals surface area contributed by atoms with Gasteiger partial charge in [-0.15, -0.1) is 0 Å². The fourth-order valence-electron chi connectivity index (χ4n) is 1.73. The lowest BCUT2D eigenvalue weighted by atomic mass is 10.3. The maximum absolute atomic E-state index is 11.4. The van der Waals surface area contributed by atoms with E-state index in [2.05, 4.69) is 15.3 Å². The molecule has 2 heterocycles. The SMILES string of the molecule is CC(=O)c1sc(NC(C)Cn2ccnc2)nc1C(=O)O. The molecule has 0 amide bonds. The zero-order valence-electron chi connectivity index (χ0n) is 11.0. The predicted molar refractivity (Wildman–Crippen MR) is 74.4 cm³/mol. The van der Waals surface area contributed by atoms with Gasteiger partial charge in [0.25, 0.3) is 0 Å². The number of thiazole rings is 1.